The monoisotopic (exact) mass is 336 g/mol. The first kappa shape index (κ1) is 16.4. The summed E-state index contributed by atoms with van der Waals surface area (Å²) < 4.78 is 7.47. The van der Waals surface area contributed by atoms with Crippen LogP contribution in [0.15, 0.2) is 72.5 Å². The number of aryl methyl sites for hydroxylation is 1. The third-order valence-electron chi connectivity index (χ3n) is 3.80. The Kier molecular flexibility index (Phi) is 5.06. The number of para-hydroxylation sites is 1. The van der Waals surface area contributed by atoms with Gasteiger partial charge in [0.2, 0.25) is 0 Å². The molecule has 0 N–H and O–H groups in total. The van der Waals surface area contributed by atoms with Gasteiger partial charge in [-0.1, -0.05) is 36.0 Å². The maximum atomic E-state index is 5.26. The van der Waals surface area contributed by atoms with E-state index in [1.165, 1.54) is 5.56 Å². The second kappa shape index (κ2) is 7.41. The summed E-state index contributed by atoms with van der Waals surface area (Å²) in [6.45, 7) is 5.93. The second-order valence-electron chi connectivity index (χ2n) is 5.38. The lowest BCUT2D eigenvalue weighted by molar-refractivity contribution is 0.415. The molecule has 122 valence electrons. The molecule has 1 heterocycles. The van der Waals surface area contributed by atoms with Gasteiger partial charge in [-0.15, -0.1) is 6.58 Å². The SMILES string of the molecule is C=CCSc1ncc(-c2ccc(OC)cc2)n1-c1ccccc1C. The van der Waals surface area contributed by atoms with Crippen LogP contribution in [0.3, 0.4) is 0 Å². The summed E-state index contributed by atoms with van der Waals surface area (Å²) in [5.74, 6) is 1.67. The van der Waals surface area contributed by atoms with E-state index in [9.17, 15) is 0 Å². The maximum absolute atomic E-state index is 5.26. The molecule has 3 aromatic rings. The minimum atomic E-state index is 0.824. The van der Waals surface area contributed by atoms with Crippen molar-refractivity contribution < 1.29 is 4.74 Å². The van der Waals surface area contributed by atoms with Crippen LogP contribution < -0.4 is 4.74 Å². The summed E-state index contributed by atoms with van der Waals surface area (Å²) in [5, 5.41) is 0.968. The van der Waals surface area contributed by atoms with E-state index in [0.717, 1.165) is 33.6 Å². The number of hydrogen-bond donors (Lipinski definition) is 0. The van der Waals surface area contributed by atoms with Crippen molar-refractivity contribution in [2.75, 3.05) is 12.9 Å². The van der Waals surface area contributed by atoms with Crippen molar-refractivity contribution in [2.45, 2.75) is 12.1 Å². The Balaban J connectivity index is 2.13. The van der Waals surface area contributed by atoms with Crippen LogP contribution in [0.1, 0.15) is 5.56 Å². The molecule has 0 saturated heterocycles. The fourth-order valence-corrected chi connectivity index (χ4v) is 3.30. The van der Waals surface area contributed by atoms with Crippen LogP contribution >= 0.6 is 11.8 Å². The third kappa shape index (κ3) is 3.24. The minimum Gasteiger partial charge on any atom is -0.497 e. The molecular formula is C20H20N2OS. The fraction of sp³-hybridized carbons (Fsp3) is 0.150. The van der Waals surface area contributed by atoms with Gasteiger partial charge in [-0.2, -0.15) is 0 Å². The molecule has 2 aromatic carbocycles. The van der Waals surface area contributed by atoms with Crippen molar-refractivity contribution in [3.63, 3.8) is 0 Å². The van der Waals surface area contributed by atoms with Gasteiger partial charge in [-0.3, -0.25) is 4.57 Å². The standard InChI is InChI=1S/C20H20N2OS/c1-4-13-24-20-21-14-19(16-9-11-17(23-3)12-10-16)22(20)18-8-6-5-7-15(18)2/h4-12,14H,1,13H2,2-3H3. The molecule has 0 amide bonds. The van der Waals surface area contributed by atoms with Crippen LogP contribution in [0.2, 0.25) is 0 Å². The van der Waals surface area contributed by atoms with Crippen LogP contribution in [0.5, 0.6) is 5.75 Å². The van der Waals surface area contributed by atoms with Gasteiger partial charge in [0.05, 0.1) is 24.7 Å². The molecule has 0 spiro atoms. The topological polar surface area (TPSA) is 27.1 Å². The van der Waals surface area contributed by atoms with Gasteiger partial charge >= 0.3 is 0 Å². The Hall–Kier alpha value is -2.46. The lowest BCUT2D eigenvalue weighted by Crippen LogP contribution is -2.01. The highest BCUT2D eigenvalue weighted by Crippen LogP contribution is 2.31. The quantitative estimate of drug-likeness (QED) is 0.461. The zero-order valence-corrected chi connectivity index (χ0v) is 14.7. The molecule has 0 aliphatic heterocycles. The molecule has 0 unspecified atom stereocenters. The summed E-state index contributed by atoms with van der Waals surface area (Å²) in [6, 6.07) is 16.4. The van der Waals surface area contributed by atoms with Crippen molar-refractivity contribution in [2.24, 2.45) is 0 Å². The zero-order valence-electron chi connectivity index (χ0n) is 13.9. The number of nitrogens with zero attached hydrogens (tertiary/aromatic N) is 2. The highest BCUT2D eigenvalue weighted by atomic mass is 32.2. The molecule has 1 aromatic heterocycles. The largest absolute Gasteiger partial charge is 0.497 e. The first-order valence-electron chi connectivity index (χ1n) is 7.76. The maximum Gasteiger partial charge on any atom is 0.173 e. The average Bonchev–Trinajstić information content (AvgIpc) is 3.04. The lowest BCUT2D eigenvalue weighted by atomic mass is 10.1. The molecular weight excluding hydrogens is 316 g/mol. The molecule has 24 heavy (non-hydrogen) atoms. The van der Waals surface area contributed by atoms with Crippen molar-refractivity contribution in [3.05, 3.63) is 72.9 Å². The van der Waals surface area contributed by atoms with Gasteiger partial charge in [0.15, 0.2) is 5.16 Å². The number of rotatable bonds is 6. The number of benzene rings is 2. The van der Waals surface area contributed by atoms with Crippen molar-refractivity contribution >= 4 is 11.8 Å². The number of imidazole rings is 1. The van der Waals surface area contributed by atoms with E-state index in [-0.39, 0.29) is 0 Å². The Morgan fingerprint density at radius 1 is 1.17 bits per heavy atom. The van der Waals surface area contributed by atoms with Gasteiger partial charge in [0, 0.05) is 11.3 Å². The Labute approximate surface area is 147 Å². The van der Waals surface area contributed by atoms with E-state index in [1.54, 1.807) is 18.9 Å². The van der Waals surface area contributed by atoms with Gasteiger partial charge in [0.25, 0.3) is 0 Å². The van der Waals surface area contributed by atoms with E-state index in [0.29, 0.717) is 0 Å². The molecule has 0 atom stereocenters. The van der Waals surface area contributed by atoms with Crippen LogP contribution in [0.4, 0.5) is 0 Å². The van der Waals surface area contributed by atoms with Crippen LogP contribution in [0, 0.1) is 6.92 Å². The normalized spacial score (nSPS) is 10.6. The number of ether oxygens (including phenoxy) is 1. The van der Waals surface area contributed by atoms with E-state index >= 15 is 0 Å². The molecule has 0 radical (unpaired) electrons. The molecule has 0 fully saturated rings. The first-order valence-corrected chi connectivity index (χ1v) is 8.75. The predicted molar refractivity (Wildman–Crippen MR) is 101 cm³/mol. The van der Waals surface area contributed by atoms with Crippen LogP contribution in [-0.2, 0) is 0 Å². The van der Waals surface area contributed by atoms with E-state index in [1.807, 2.05) is 24.4 Å². The zero-order chi connectivity index (χ0) is 16.9. The Morgan fingerprint density at radius 3 is 2.58 bits per heavy atom. The molecule has 4 heteroatoms. The Morgan fingerprint density at radius 2 is 1.92 bits per heavy atom. The average molecular weight is 336 g/mol. The highest BCUT2D eigenvalue weighted by Gasteiger charge is 2.15. The fourth-order valence-electron chi connectivity index (χ4n) is 2.58. The van der Waals surface area contributed by atoms with Crippen LogP contribution in [-0.4, -0.2) is 22.4 Å². The number of methoxy groups -OCH3 is 1. The lowest BCUT2D eigenvalue weighted by Gasteiger charge is -2.14. The van der Waals surface area contributed by atoms with Crippen molar-refractivity contribution in [1.82, 2.24) is 9.55 Å². The van der Waals surface area contributed by atoms with Gasteiger partial charge in [-0.25, -0.2) is 4.98 Å². The van der Waals surface area contributed by atoms with Gasteiger partial charge in [-0.05, 0) is 42.8 Å². The molecule has 0 saturated carbocycles. The summed E-state index contributed by atoms with van der Waals surface area (Å²) in [5.41, 5.74) is 4.54. The van der Waals surface area contributed by atoms with Crippen molar-refractivity contribution in [3.8, 4) is 22.7 Å². The van der Waals surface area contributed by atoms with E-state index in [2.05, 4.69) is 59.5 Å². The van der Waals surface area contributed by atoms with E-state index in [4.69, 9.17) is 4.74 Å². The smallest absolute Gasteiger partial charge is 0.173 e. The molecule has 0 bridgehead atoms. The molecule has 0 aliphatic rings. The summed E-state index contributed by atoms with van der Waals surface area (Å²) in [4.78, 5) is 4.64. The number of thioether (sulfide) groups is 1. The number of hydrogen-bond acceptors (Lipinski definition) is 3. The molecule has 3 rings (SSSR count). The Bertz CT molecular complexity index is 837. The molecule has 3 nitrogen and oxygen atoms in total. The van der Waals surface area contributed by atoms with Crippen LogP contribution in [0.25, 0.3) is 16.9 Å². The van der Waals surface area contributed by atoms with Gasteiger partial charge < -0.3 is 4.74 Å². The first-order chi connectivity index (χ1) is 11.7. The predicted octanol–water partition coefficient (Wildman–Crippen LogP) is 5.13. The van der Waals surface area contributed by atoms with Crippen molar-refractivity contribution in [1.29, 1.82) is 0 Å². The minimum absolute atomic E-state index is 0.824. The second-order valence-corrected chi connectivity index (χ2v) is 6.36. The summed E-state index contributed by atoms with van der Waals surface area (Å²) in [6.07, 6.45) is 3.83. The van der Waals surface area contributed by atoms with Gasteiger partial charge in [0.1, 0.15) is 5.75 Å². The number of aromatic nitrogens is 2. The molecule has 0 aliphatic carbocycles. The summed E-state index contributed by atoms with van der Waals surface area (Å²) >= 11 is 1.68. The van der Waals surface area contributed by atoms with E-state index < -0.39 is 0 Å². The highest BCUT2D eigenvalue weighted by molar-refractivity contribution is 7.99. The third-order valence-corrected chi connectivity index (χ3v) is 4.75. The summed E-state index contributed by atoms with van der Waals surface area (Å²) in [7, 11) is 1.68.